The predicted octanol–water partition coefficient (Wildman–Crippen LogP) is 5.55. The quantitative estimate of drug-likeness (QED) is 0.536. The molecule has 0 aliphatic heterocycles. The first-order valence-corrected chi connectivity index (χ1v) is 8.28. The molecule has 1 aromatic heterocycles. The van der Waals surface area contributed by atoms with Crippen molar-refractivity contribution >= 4 is 0 Å². The monoisotopic (exact) mass is 416 g/mol. The minimum Gasteiger partial charge on any atom is -0.444 e. The first kappa shape index (κ1) is 20.7. The van der Waals surface area contributed by atoms with Crippen LogP contribution in [0.3, 0.4) is 0 Å². The maximum absolute atomic E-state index is 13.0. The highest BCUT2D eigenvalue weighted by Crippen LogP contribution is 2.32. The molecule has 0 fully saturated rings. The van der Waals surface area contributed by atoms with Gasteiger partial charge in [-0.05, 0) is 35.9 Å². The van der Waals surface area contributed by atoms with E-state index in [4.69, 9.17) is 4.42 Å². The number of nitrogens with one attached hydrogen (secondary N) is 1. The Morgan fingerprint density at radius 2 is 1.59 bits per heavy atom. The van der Waals surface area contributed by atoms with E-state index in [1.165, 1.54) is 36.6 Å². The second-order valence-electron chi connectivity index (χ2n) is 5.97. The van der Waals surface area contributed by atoms with Crippen LogP contribution in [0.15, 0.2) is 59.2 Å². The molecule has 0 saturated heterocycles. The Bertz CT molecular complexity index is 948. The van der Waals surface area contributed by atoms with E-state index in [2.05, 4.69) is 15.0 Å². The maximum atomic E-state index is 13.0. The lowest BCUT2D eigenvalue weighted by Crippen LogP contribution is -2.17. The van der Waals surface area contributed by atoms with Crippen LogP contribution in [0, 0.1) is 0 Å². The van der Waals surface area contributed by atoms with E-state index in [9.17, 15) is 26.3 Å². The Labute approximate surface area is 161 Å². The van der Waals surface area contributed by atoms with Gasteiger partial charge in [-0.15, -0.1) is 13.2 Å². The largest absolute Gasteiger partial charge is 0.573 e. The van der Waals surface area contributed by atoms with E-state index < -0.39 is 18.1 Å². The molecule has 154 valence electrons. The zero-order chi connectivity index (χ0) is 21.1. The maximum Gasteiger partial charge on any atom is 0.573 e. The summed E-state index contributed by atoms with van der Waals surface area (Å²) in [6.45, 7) is 0.117. The molecule has 0 aliphatic rings. The Balaban J connectivity index is 1.60. The summed E-state index contributed by atoms with van der Waals surface area (Å²) in [6.07, 6.45) is -7.91. The van der Waals surface area contributed by atoms with Crippen LogP contribution in [-0.2, 0) is 19.3 Å². The standard InChI is InChI=1S/C19H14F6N2O2/c20-18(21,22)16-4-2-1-3-13(16)9-26-10-14-11-28-17(27-14)12-5-7-15(8-6-12)29-19(23,24)25/h1-8,11,26H,9-10H2. The van der Waals surface area contributed by atoms with Crippen LogP contribution < -0.4 is 10.1 Å². The fraction of sp³-hybridized carbons (Fsp3) is 0.211. The average molecular weight is 416 g/mol. The third-order valence-corrected chi connectivity index (χ3v) is 3.83. The molecule has 10 heteroatoms. The van der Waals surface area contributed by atoms with Gasteiger partial charge in [-0.25, -0.2) is 4.98 Å². The first-order valence-electron chi connectivity index (χ1n) is 8.28. The van der Waals surface area contributed by atoms with Gasteiger partial charge in [-0.3, -0.25) is 0 Å². The Kier molecular flexibility index (Phi) is 5.83. The van der Waals surface area contributed by atoms with E-state index in [0.29, 0.717) is 11.3 Å². The van der Waals surface area contributed by atoms with Gasteiger partial charge in [0.25, 0.3) is 0 Å². The molecule has 1 heterocycles. The molecule has 0 saturated carbocycles. The summed E-state index contributed by atoms with van der Waals surface area (Å²) >= 11 is 0. The summed E-state index contributed by atoms with van der Waals surface area (Å²) in [5.74, 6) is -0.214. The summed E-state index contributed by atoms with van der Waals surface area (Å²) in [7, 11) is 0. The third-order valence-electron chi connectivity index (χ3n) is 3.83. The highest BCUT2D eigenvalue weighted by atomic mass is 19.4. The second kappa shape index (κ2) is 8.16. The summed E-state index contributed by atoms with van der Waals surface area (Å²) < 4.78 is 84.5. The first-order chi connectivity index (χ1) is 13.6. The molecule has 0 amide bonds. The van der Waals surface area contributed by atoms with Crippen LogP contribution >= 0.6 is 0 Å². The molecule has 0 radical (unpaired) electrons. The van der Waals surface area contributed by atoms with Crippen LogP contribution in [0.4, 0.5) is 26.3 Å². The molecular formula is C19H14F6N2O2. The van der Waals surface area contributed by atoms with Crippen molar-refractivity contribution in [3.63, 3.8) is 0 Å². The summed E-state index contributed by atoms with van der Waals surface area (Å²) in [5, 5.41) is 2.86. The van der Waals surface area contributed by atoms with E-state index in [1.54, 1.807) is 0 Å². The lowest BCUT2D eigenvalue weighted by molar-refractivity contribution is -0.274. The summed E-state index contributed by atoms with van der Waals surface area (Å²) in [6, 6.07) is 10.2. The zero-order valence-electron chi connectivity index (χ0n) is 14.6. The SMILES string of the molecule is FC(F)(F)Oc1ccc(-c2nc(CNCc3ccccc3C(F)(F)F)co2)cc1. The second-order valence-corrected chi connectivity index (χ2v) is 5.97. The molecule has 29 heavy (non-hydrogen) atoms. The highest BCUT2D eigenvalue weighted by molar-refractivity contribution is 5.54. The number of aromatic nitrogens is 1. The Morgan fingerprint density at radius 1 is 0.897 bits per heavy atom. The van der Waals surface area contributed by atoms with Crippen LogP contribution in [0.2, 0.25) is 0 Å². The molecule has 4 nitrogen and oxygen atoms in total. The van der Waals surface area contributed by atoms with Crippen LogP contribution in [0.1, 0.15) is 16.8 Å². The van der Waals surface area contributed by atoms with Crippen molar-refractivity contribution in [2.24, 2.45) is 0 Å². The van der Waals surface area contributed by atoms with Crippen molar-refractivity contribution in [2.75, 3.05) is 0 Å². The van der Waals surface area contributed by atoms with Crippen molar-refractivity contribution in [3.05, 3.63) is 71.6 Å². The van der Waals surface area contributed by atoms with Crippen LogP contribution in [-0.4, -0.2) is 11.3 Å². The molecular weight excluding hydrogens is 402 g/mol. The lowest BCUT2D eigenvalue weighted by atomic mass is 10.1. The molecule has 3 aromatic rings. The van der Waals surface area contributed by atoms with Gasteiger partial charge < -0.3 is 14.5 Å². The van der Waals surface area contributed by atoms with Gasteiger partial charge in [-0.1, -0.05) is 18.2 Å². The highest BCUT2D eigenvalue weighted by Gasteiger charge is 2.32. The number of benzene rings is 2. The molecule has 2 aromatic carbocycles. The number of alkyl halides is 6. The van der Waals surface area contributed by atoms with Gasteiger partial charge in [0.05, 0.1) is 11.3 Å². The van der Waals surface area contributed by atoms with E-state index in [-0.39, 0.29) is 30.3 Å². The van der Waals surface area contributed by atoms with Crippen molar-refractivity contribution in [3.8, 4) is 17.2 Å². The van der Waals surface area contributed by atoms with Gasteiger partial charge in [0.2, 0.25) is 5.89 Å². The van der Waals surface area contributed by atoms with Crippen LogP contribution in [0.25, 0.3) is 11.5 Å². The van der Waals surface area contributed by atoms with E-state index in [0.717, 1.165) is 18.2 Å². The van der Waals surface area contributed by atoms with Crippen molar-refractivity contribution in [1.29, 1.82) is 0 Å². The van der Waals surface area contributed by atoms with E-state index in [1.807, 2.05) is 0 Å². The number of nitrogens with zero attached hydrogens (tertiary/aromatic N) is 1. The number of halogens is 6. The number of oxazole rings is 1. The zero-order valence-corrected chi connectivity index (χ0v) is 14.6. The van der Waals surface area contributed by atoms with Gasteiger partial charge in [-0.2, -0.15) is 13.2 Å². The van der Waals surface area contributed by atoms with Crippen molar-refractivity contribution < 1.29 is 35.5 Å². The molecule has 0 unspecified atom stereocenters. The average Bonchev–Trinajstić information content (AvgIpc) is 3.09. The fourth-order valence-corrected chi connectivity index (χ4v) is 2.60. The topological polar surface area (TPSA) is 47.3 Å². The third kappa shape index (κ3) is 5.74. The lowest BCUT2D eigenvalue weighted by Gasteiger charge is -2.12. The molecule has 0 spiro atoms. The summed E-state index contributed by atoms with van der Waals surface area (Å²) in [5.41, 5.74) is 0.242. The number of rotatable bonds is 6. The Morgan fingerprint density at radius 3 is 2.24 bits per heavy atom. The number of ether oxygens (including phenoxy) is 1. The molecule has 3 rings (SSSR count). The van der Waals surface area contributed by atoms with Gasteiger partial charge in [0.1, 0.15) is 12.0 Å². The minimum atomic E-state index is -4.78. The minimum absolute atomic E-state index is 0.0264. The van der Waals surface area contributed by atoms with Crippen LogP contribution in [0.5, 0.6) is 5.75 Å². The smallest absolute Gasteiger partial charge is 0.444 e. The van der Waals surface area contributed by atoms with Gasteiger partial charge in [0.15, 0.2) is 0 Å². The van der Waals surface area contributed by atoms with Crippen molar-refractivity contribution in [2.45, 2.75) is 25.6 Å². The Hall–Kier alpha value is -3.01. The summed E-state index contributed by atoms with van der Waals surface area (Å²) in [4.78, 5) is 4.17. The molecule has 1 N–H and O–H groups in total. The molecule has 0 aliphatic carbocycles. The fourth-order valence-electron chi connectivity index (χ4n) is 2.60. The van der Waals surface area contributed by atoms with Gasteiger partial charge in [0, 0.05) is 18.7 Å². The molecule has 0 bridgehead atoms. The van der Waals surface area contributed by atoms with Crippen molar-refractivity contribution in [1.82, 2.24) is 10.3 Å². The van der Waals surface area contributed by atoms with E-state index >= 15 is 0 Å². The predicted molar refractivity (Wildman–Crippen MR) is 90.6 cm³/mol. The number of hydrogen-bond acceptors (Lipinski definition) is 4. The number of hydrogen-bond donors (Lipinski definition) is 1. The normalized spacial score (nSPS) is 12.2. The van der Waals surface area contributed by atoms with Gasteiger partial charge >= 0.3 is 12.5 Å². The molecule has 0 atom stereocenters.